The monoisotopic (exact) mass is 368 g/mol. The van der Waals surface area contributed by atoms with E-state index in [2.05, 4.69) is 5.32 Å². The van der Waals surface area contributed by atoms with Crippen LogP contribution in [-0.2, 0) is 16.1 Å². The van der Waals surface area contributed by atoms with E-state index in [1.54, 1.807) is 24.0 Å². The SMILES string of the molecule is C[C@@H](C(=O)NC(C)(C)C)N(Cc1ccccc1)C(=O)COc1ccccc1. The minimum absolute atomic E-state index is 0.121. The van der Waals surface area contributed by atoms with Gasteiger partial charge < -0.3 is 15.0 Å². The maximum Gasteiger partial charge on any atom is 0.261 e. The molecule has 2 aromatic rings. The number of carbonyl (C=O) groups excluding carboxylic acids is 2. The highest BCUT2D eigenvalue weighted by atomic mass is 16.5. The first-order valence-electron chi connectivity index (χ1n) is 9.09. The second-order valence-corrected chi connectivity index (χ2v) is 7.52. The zero-order chi connectivity index (χ0) is 19.9. The lowest BCUT2D eigenvalue weighted by Gasteiger charge is -2.31. The van der Waals surface area contributed by atoms with E-state index in [0.717, 1.165) is 5.56 Å². The average molecular weight is 368 g/mol. The van der Waals surface area contributed by atoms with E-state index in [1.165, 1.54) is 0 Å². The summed E-state index contributed by atoms with van der Waals surface area (Å²) in [4.78, 5) is 27.0. The maximum absolute atomic E-state index is 12.9. The van der Waals surface area contributed by atoms with Gasteiger partial charge in [0.1, 0.15) is 11.8 Å². The van der Waals surface area contributed by atoms with Gasteiger partial charge in [-0.2, -0.15) is 0 Å². The number of ether oxygens (including phenoxy) is 1. The summed E-state index contributed by atoms with van der Waals surface area (Å²) < 4.78 is 5.59. The highest BCUT2D eigenvalue weighted by Crippen LogP contribution is 2.13. The molecule has 0 saturated carbocycles. The smallest absolute Gasteiger partial charge is 0.261 e. The zero-order valence-corrected chi connectivity index (χ0v) is 16.4. The number of rotatable bonds is 7. The van der Waals surface area contributed by atoms with E-state index in [0.29, 0.717) is 12.3 Å². The highest BCUT2D eigenvalue weighted by molar-refractivity contribution is 5.88. The van der Waals surface area contributed by atoms with Gasteiger partial charge in [0, 0.05) is 12.1 Å². The van der Waals surface area contributed by atoms with Gasteiger partial charge in [-0.15, -0.1) is 0 Å². The molecular formula is C22H28N2O3. The first-order chi connectivity index (χ1) is 12.8. The standard InChI is InChI=1S/C22H28N2O3/c1-17(21(26)23-22(2,3)4)24(15-18-11-7-5-8-12-18)20(25)16-27-19-13-9-6-10-14-19/h5-14,17H,15-16H2,1-4H3,(H,23,26)/t17-/m0/s1. The predicted octanol–water partition coefficient (Wildman–Crippen LogP) is 3.40. The van der Waals surface area contributed by atoms with Gasteiger partial charge >= 0.3 is 0 Å². The summed E-state index contributed by atoms with van der Waals surface area (Å²) in [5.74, 6) is 0.197. The first-order valence-corrected chi connectivity index (χ1v) is 9.09. The molecule has 0 aliphatic heterocycles. The van der Waals surface area contributed by atoms with Gasteiger partial charge in [-0.3, -0.25) is 9.59 Å². The number of hydrogen-bond acceptors (Lipinski definition) is 3. The number of nitrogens with zero attached hydrogens (tertiary/aromatic N) is 1. The molecule has 0 spiro atoms. The van der Waals surface area contributed by atoms with Crippen molar-refractivity contribution in [3.63, 3.8) is 0 Å². The van der Waals surface area contributed by atoms with Crippen molar-refractivity contribution in [1.29, 1.82) is 0 Å². The van der Waals surface area contributed by atoms with Gasteiger partial charge in [-0.05, 0) is 45.4 Å². The van der Waals surface area contributed by atoms with E-state index in [4.69, 9.17) is 4.74 Å². The van der Waals surface area contributed by atoms with Crippen molar-refractivity contribution in [1.82, 2.24) is 10.2 Å². The molecule has 0 aliphatic carbocycles. The Morgan fingerprint density at radius 3 is 2.11 bits per heavy atom. The van der Waals surface area contributed by atoms with Crippen molar-refractivity contribution < 1.29 is 14.3 Å². The molecule has 5 heteroatoms. The minimum atomic E-state index is -0.615. The Balaban J connectivity index is 2.12. The Kier molecular flexibility index (Phi) is 6.99. The molecule has 0 aliphatic rings. The van der Waals surface area contributed by atoms with Crippen molar-refractivity contribution in [3.8, 4) is 5.75 Å². The molecule has 0 unspecified atom stereocenters. The van der Waals surface area contributed by atoms with Crippen molar-refractivity contribution in [2.75, 3.05) is 6.61 Å². The summed E-state index contributed by atoms with van der Waals surface area (Å²) >= 11 is 0. The van der Waals surface area contributed by atoms with Crippen LogP contribution in [0.1, 0.15) is 33.3 Å². The van der Waals surface area contributed by atoms with E-state index in [9.17, 15) is 9.59 Å². The van der Waals surface area contributed by atoms with Crippen LogP contribution < -0.4 is 10.1 Å². The maximum atomic E-state index is 12.9. The fourth-order valence-electron chi connectivity index (χ4n) is 2.58. The number of para-hydroxylation sites is 1. The summed E-state index contributed by atoms with van der Waals surface area (Å²) in [6.07, 6.45) is 0. The molecular weight excluding hydrogens is 340 g/mol. The number of benzene rings is 2. The van der Waals surface area contributed by atoms with Crippen LogP contribution in [0.4, 0.5) is 0 Å². The topological polar surface area (TPSA) is 58.6 Å². The third-order valence-electron chi connectivity index (χ3n) is 3.97. The molecule has 5 nitrogen and oxygen atoms in total. The van der Waals surface area contributed by atoms with Gasteiger partial charge in [-0.1, -0.05) is 48.5 Å². The Bertz CT molecular complexity index is 739. The summed E-state index contributed by atoms with van der Waals surface area (Å²) in [7, 11) is 0. The van der Waals surface area contributed by atoms with Crippen LogP contribution in [0.15, 0.2) is 60.7 Å². The zero-order valence-electron chi connectivity index (χ0n) is 16.4. The largest absolute Gasteiger partial charge is 0.484 e. The van der Waals surface area contributed by atoms with Crippen LogP contribution in [0.25, 0.3) is 0 Å². The van der Waals surface area contributed by atoms with Crippen LogP contribution in [0.5, 0.6) is 5.75 Å². The fraction of sp³-hybridized carbons (Fsp3) is 0.364. The number of hydrogen-bond donors (Lipinski definition) is 1. The predicted molar refractivity (Wildman–Crippen MR) is 106 cm³/mol. The van der Waals surface area contributed by atoms with Crippen LogP contribution in [0.2, 0.25) is 0 Å². The van der Waals surface area contributed by atoms with Gasteiger partial charge in [0.25, 0.3) is 5.91 Å². The molecule has 27 heavy (non-hydrogen) atoms. The summed E-state index contributed by atoms with van der Waals surface area (Å²) in [6, 6.07) is 18.2. The molecule has 2 amide bonds. The summed E-state index contributed by atoms with van der Waals surface area (Å²) in [5.41, 5.74) is 0.592. The van der Waals surface area contributed by atoms with Gasteiger partial charge in [0.2, 0.25) is 5.91 Å². The van der Waals surface area contributed by atoms with E-state index < -0.39 is 6.04 Å². The lowest BCUT2D eigenvalue weighted by atomic mass is 10.1. The molecule has 2 aromatic carbocycles. The second kappa shape index (κ2) is 9.21. The third-order valence-corrected chi connectivity index (χ3v) is 3.97. The number of amides is 2. The fourth-order valence-corrected chi connectivity index (χ4v) is 2.58. The number of carbonyl (C=O) groups is 2. The van der Waals surface area contributed by atoms with Crippen molar-refractivity contribution in [2.24, 2.45) is 0 Å². The first kappa shape index (κ1) is 20.5. The molecule has 1 atom stereocenters. The Labute approximate surface area is 161 Å². The van der Waals surface area contributed by atoms with Crippen LogP contribution in [-0.4, -0.2) is 34.9 Å². The van der Waals surface area contributed by atoms with E-state index in [1.807, 2.05) is 69.3 Å². The minimum Gasteiger partial charge on any atom is -0.484 e. The molecule has 0 bridgehead atoms. The highest BCUT2D eigenvalue weighted by Gasteiger charge is 2.28. The molecule has 2 rings (SSSR count). The molecule has 0 aromatic heterocycles. The van der Waals surface area contributed by atoms with Crippen molar-refractivity contribution in [2.45, 2.75) is 45.8 Å². The molecule has 0 fully saturated rings. The lowest BCUT2D eigenvalue weighted by Crippen LogP contribution is -2.53. The molecule has 0 heterocycles. The van der Waals surface area contributed by atoms with Gasteiger partial charge in [0.05, 0.1) is 0 Å². The molecule has 0 saturated heterocycles. The Morgan fingerprint density at radius 2 is 1.56 bits per heavy atom. The Hall–Kier alpha value is -2.82. The van der Waals surface area contributed by atoms with E-state index >= 15 is 0 Å². The Morgan fingerprint density at radius 1 is 1.00 bits per heavy atom. The average Bonchev–Trinajstić information content (AvgIpc) is 2.64. The van der Waals surface area contributed by atoms with Crippen molar-refractivity contribution >= 4 is 11.8 Å². The number of nitrogens with one attached hydrogen (secondary N) is 1. The van der Waals surface area contributed by atoms with Crippen molar-refractivity contribution in [3.05, 3.63) is 66.2 Å². The third kappa shape index (κ3) is 6.77. The molecule has 144 valence electrons. The van der Waals surface area contributed by atoms with Crippen LogP contribution in [0.3, 0.4) is 0 Å². The summed E-state index contributed by atoms with van der Waals surface area (Å²) in [6.45, 7) is 7.71. The molecule has 0 radical (unpaired) electrons. The van der Waals surface area contributed by atoms with Crippen LogP contribution >= 0.6 is 0 Å². The second-order valence-electron chi connectivity index (χ2n) is 7.52. The lowest BCUT2D eigenvalue weighted by molar-refractivity contribution is -0.142. The normalized spacial score (nSPS) is 12.1. The molecule has 1 N–H and O–H groups in total. The van der Waals surface area contributed by atoms with E-state index in [-0.39, 0.29) is 24.0 Å². The van der Waals surface area contributed by atoms with Crippen LogP contribution in [0, 0.1) is 0 Å². The summed E-state index contributed by atoms with van der Waals surface area (Å²) in [5, 5.41) is 2.94. The quantitative estimate of drug-likeness (QED) is 0.815. The van der Waals surface area contributed by atoms with Gasteiger partial charge in [0.15, 0.2) is 6.61 Å². The van der Waals surface area contributed by atoms with Gasteiger partial charge in [-0.25, -0.2) is 0 Å².